The Labute approximate surface area is 109 Å². The first-order valence-electron chi connectivity index (χ1n) is 5.85. The van der Waals surface area contributed by atoms with Gasteiger partial charge in [-0.25, -0.2) is 5.43 Å². The summed E-state index contributed by atoms with van der Waals surface area (Å²) in [5.41, 5.74) is 3.99. The Hall–Kier alpha value is -2.56. The summed E-state index contributed by atoms with van der Waals surface area (Å²) < 4.78 is 10.7. The van der Waals surface area contributed by atoms with Gasteiger partial charge in [0.05, 0.1) is 5.71 Å². The zero-order valence-corrected chi connectivity index (χ0v) is 10.3. The molecule has 5 heteroatoms. The van der Waals surface area contributed by atoms with Gasteiger partial charge < -0.3 is 9.47 Å². The predicted molar refractivity (Wildman–Crippen MR) is 71.5 cm³/mol. The van der Waals surface area contributed by atoms with Crippen molar-refractivity contribution in [2.75, 3.05) is 6.79 Å². The lowest BCUT2D eigenvalue weighted by atomic mass is 10.0. The number of carbonyl (C=O) groups is 1. The monoisotopic (exact) mass is 256 g/mol. The molecule has 0 saturated carbocycles. The van der Waals surface area contributed by atoms with E-state index in [0.29, 0.717) is 6.41 Å². The van der Waals surface area contributed by atoms with E-state index in [1.54, 1.807) is 0 Å². The zero-order chi connectivity index (χ0) is 13.2. The Morgan fingerprint density at radius 2 is 1.95 bits per heavy atom. The van der Waals surface area contributed by atoms with E-state index in [9.17, 15) is 4.79 Å². The number of amides is 1. The van der Waals surface area contributed by atoms with Crippen molar-refractivity contribution < 1.29 is 14.3 Å². The predicted octanol–water partition coefficient (Wildman–Crippen LogP) is 2.04. The fourth-order valence-corrected chi connectivity index (χ4v) is 2.05. The number of rotatable bonds is 3. The summed E-state index contributed by atoms with van der Waals surface area (Å²) in [7, 11) is 0. The van der Waals surface area contributed by atoms with Crippen LogP contribution >= 0.6 is 0 Å². The molecular weight excluding hydrogens is 244 g/mol. The number of nitrogens with one attached hydrogen (secondary N) is 1. The zero-order valence-electron chi connectivity index (χ0n) is 10.3. The fraction of sp³-hybridized carbons (Fsp3) is 0.143. The molecule has 0 bridgehead atoms. The maximum Gasteiger partial charge on any atom is 0.231 e. The molecule has 0 aliphatic carbocycles. The van der Waals surface area contributed by atoms with Crippen molar-refractivity contribution in [3.63, 3.8) is 0 Å². The van der Waals surface area contributed by atoms with Crippen LogP contribution in [0.2, 0.25) is 0 Å². The van der Waals surface area contributed by atoms with E-state index in [2.05, 4.69) is 10.5 Å². The van der Waals surface area contributed by atoms with Gasteiger partial charge in [0.1, 0.15) is 0 Å². The average molecular weight is 256 g/mol. The third kappa shape index (κ3) is 2.10. The quantitative estimate of drug-likeness (QED) is 0.519. The number of hydrogen-bond donors (Lipinski definition) is 1. The molecule has 0 radical (unpaired) electrons. The van der Waals surface area contributed by atoms with Crippen LogP contribution in [0.4, 0.5) is 0 Å². The van der Waals surface area contributed by atoms with Crippen LogP contribution in [0.3, 0.4) is 0 Å². The Kier molecular flexibility index (Phi) is 2.79. The van der Waals surface area contributed by atoms with E-state index in [-0.39, 0.29) is 6.79 Å². The van der Waals surface area contributed by atoms with E-state index in [1.807, 2.05) is 37.3 Å². The molecule has 0 saturated heterocycles. The number of benzene rings is 2. The summed E-state index contributed by atoms with van der Waals surface area (Å²) in [6.07, 6.45) is 0.544. The standard InChI is InChI=1S/C14H12N2O3/c1-9(16-15-7-17)10-2-3-11-5-13-14(19-8-18-13)6-12(11)4-10/h2-7H,8H2,1H3,(H,15,17). The van der Waals surface area contributed by atoms with Gasteiger partial charge in [-0.05, 0) is 41.5 Å². The van der Waals surface area contributed by atoms with Crippen LogP contribution in [-0.4, -0.2) is 18.9 Å². The van der Waals surface area contributed by atoms with Gasteiger partial charge in [-0.1, -0.05) is 12.1 Å². The molecule has 0 unspecified atom stereocenters. The van der Waals surface area contributed by atoms with Crippen LogP contribution in [-0.2, 0) is 4.79 Å². The molecule has 1 amide bonds. The molecule has 0 aromatic heterocycles. The Morgan fingerprint density at radius 1 is 1.21 bits per heavy atom. The van der Waals surface area contributed by atoms with Crippen LogP contribution < -0.4 is 14.9 Å². The summed E-state index contributed by atoms with van der Waals surface area (Å²) in [6.45, 7) is 2.10. The number of ether oxygens (including phenoxy) is 2. The maximum atomic E-state index is 10.2. The lowest BCUT2D eigenvalue weighted by Gasteiger charge is -2.04. The summed E-state index contributed by atoms with van der Waals surface area (Å²) in [5, 5.41) is 6.05. The minimum atomic E-state index is 0.266. The van der Waals surface area contributed by atoms with Crippen LogP contribution in [0.1, 0.15) is 12.5 Å². The molecule has 3 rings (SSSR count). The van der Waals surface area contributed by atoms with E-state index in [4.69, 9.17) is 9.47 Å². The number of nitrogens with zero attached hydrogens (tertiary/aromatic N) is 1. The highest BCUT2D eigenvalue weighted by molar-refractivity contribution is 6.02. The second-order valence-electron chi connectivity index (χ2n) is 4.21. The first kappa shape index (κ1) is 11.5. The largest absolute Gasteiger partial charge is 0.454 e. The van der Waals surface area contributed by atoms with E-state index in [1.165, 1.54) is 0 Å². The number of fused-ring (bicyclic) bond motifs is 2. The van der Waals surface area contributed by atoms with Gasteiger partial charge >= 0.3 is 0 Å². The minimum Gasteiger partial charge on any atom is -0.454 e. The van der Waals surface area contributed by atoms with E-state index in [0.717, 1.165) is 33.5 Å². The van der Waals surface area contributed by atoms with Crippen molar-refractivity contribution in [2.45, 2.75) is 6.92 Å². The van der Waals surface area contributed by atoms with Crippen LogP contribution in [0, 0.1) is 0 Å². The van der Waals surface area contributed by atoms with Gasteiger partial charge in [0, 0.05) is 0 Å². The normalized spacial score (nSPS) is 13.6. The molecule has 0 fully saturated rings. The Balaban J connectivity index is 2.05. The van der Waals surface area contributed by atoms with Gasteiger partial charge in [0.15, 0.2) is 11.5 Å². The highest BCUT2D eigenvalue weighted by Crippen LogP contribution is 2.36. The average Bonchev–Trinajstić information content (AvgIpc) is 2.88. The first-order chi connectivity index (χ1) is 9.28. The molecule has 2 aromatic rings. The third-order valence-corrected chi connectivity index (χ3v) is 3.03. The highest BCUT2D eigenvalue weighted by atomic mass is 16.7. The molecule has 1 aliphatic heterocycles. The molecule has 1 aliphatic rings. The van der Waals surface area contributed by atoms with Gasteiger partial charge in [-0.3, -0.25) is 4.79 Å². The molecule has 5 nitrogen and oxygen atoms in total. The molecule has 1 heterocycles. The number of carbonyl (C=O) groups excluding carboxylic acids is 1. The summed E-state index contributed by atoms with van der Waals surface area (Å²) >= 11 is 0. The van der Waals surface area contributed by atoms with E-state index >= 15 is 0 Å². The maximum absolute atomic E-state index is 10.2. The molecule has 96 valence electrons. The van der Waals surface area contributed by atoms with Crippen molar-refractivity contribution in [3.8, 4) is 11.5 Å². The second kappa shape index (κ2) is 4.61. The van der Waals surface area contributed by atoms with Crippen molar-refractivity contribution in [3.05, 3.63) is 35.9 Å². The first-order valence-corrected chi connectivity index (χ1v) is 5.85. The molecular formula is C14H12N2O3. The molecule has 0 atom stereocenters. The smallest absolute Gasteiger partial charge is 0.231 e. The topological polar surface area (TPSA) is 59.9 Å². The summed E-state index contributed by atoms with van der Waals surface area (Å²) in [5.74, 6) is 1.53. The minimum absolute atomic E-state index is 0.266. The van der Waals surface area contributed by atoms with Gasteiger partial charge in [-0.15, -0.1) is 0 Å². The Bertz CT molecular complexity index is 680. The fourth-order valence-electron chi connectivity index (χ4n) is 2.05. The van der Waals surface area contributed by atoms with Gasteiger partial charge in [0.2, 0.25) is 13.2 Å². The lowest BCUT2D eigenvalue weighted by Crippen LogP contribution is -2.06. The lowest BCUT2D eigenvalue weighted by molar-refractivity contribution is -0.109. The van der Waals surface area contributed by atoms with Crippen LogP contribution in [0.5, 0.6) is 11.5 Å². The van der Waals surface area contributed by atoms with Crippen molar-refractivity contribution >= 4 is 22.9 Å². The van der Waals surface area contributed by atoms with Crippen molar-refractivity contribution in [2.24, 2.45) is 5.10 Å². The van der Waals surface area contributed by atoms with Gasteiger partial charge in [-0.2, -0.15) is 5.10 Å². The summed E-state index contributed by atoms with van der Waals surface area (Å²) in [6, 6.07) is 9.85. The van der Waals surface area contributed by atoms with Gasteiger partial charge in [0.25, 0.3) is 0 Å². The summed E-state index contributed by atoms with van der Waals surface area (Å²) in [4.78, 5) is 10.2. The molecule has 1 N–H and O–H groups in total. The molecule has 0 spiro atoms. The number of hydrogen-bond acceptors (Lipinski definition) is 4. The second-order valence-corrected chi connectivity index (χ2v) is 4.21. The van der Waals surface area contributed by atoms with Crippen LogP contribution in [0.25, 0.3) is 10.8 Å². The van der Waals surface area contributed by atoms with E-state index < -0.39 is 0 Å². The molecule has 2 aromatic carbocycles. The molecule has 19 heavy (non-hydrogen) atoms. The SMILES string of the molecule is CC(=NNC=O)c1ccc2cc3c(cc2c1)OCO3. The Morgan fingerprint density at radius 3 is 2.68 bits per heavy atom. The number of hydrazone groups is 1. The third-order valence-electron chi connectivity index (χ3n) is 3.03. The highest BCUT2D eigenvalue weighted by Gasteiger charge is 2.14. The van der Waals surface area contributed by atoms with Crippen molar-refractivity contribution in [1.29, 1.82) is 0 Å². The van der Waals surface area contributed by atoms with Crippen molar-refractivity contribution in [1.82, 2.24) is 5.43 Å². The van der Waals surface area contributed by atoms with Crippen LogP contribution in [0.15, 0.2) is 35.4 Å².